The van der Waals surface area contributed by atoms with E-state index in [2.05, 4.69) is 52.0 Å². The van der Waals surface area contributed by atoms with Crippen molar-refractivity contribution in [2.45, 2.75) is 43.6 Å². The fourth-order valence-corrected chi connectivity index (χ4v) is 6.55. The normalized spacial score (nSPS) is 20.0. The van der Waals surface area contributed by atoms with E-state index in [9.17, 15) is 13.8 Å². The SMILES string of the molecule is CCCCNC(=O)NC1CC(CNC(=O)c2ccccc2)C(S(C)=O)CN1C(c1ccccc1)c1ccccc1. The molecule has 4 atom stereocenters. The van der Waals surface area contributed by atoms with Gasteiger partial charge in [0.15, 0.2) is 0 Å². The topological polar surface area (TPSA) is 90.5 Å². The van der Waals surface area contributed by atoms with Gasteiger partial charge in [-0.2, -0.15) is 0 Å². The summed E-state index contributed by atoms with van der Waals surface area (Å²) in [6, 6.07) is 29.2. The average Bonchev–Trinajstić information content (AvgIpc) is 2.98. The van der Waals surface area contributed by atoms with Crippen LogP contribution in [0.3, 0.4) is 0 Å². The Morgan fingerprint density at radius 1 is 0.900 bits per heavy atom. The lowest BCUT2D eigenvalue weighted by Gasteiger charge is -2.47. The van der Waals surface area contributed by atoms with Crippen LogP contribution in [0.25, 0.3) is 0 Å². The van der Waals surface area contributed by atoms with E-state index >= 15 is 0 Å². The Kier molecular flexibility index (Phi) is 10.9. The van der Waals surface area contributed by atoms with Crippen LogP contribution in [0.2, 0.25) is 0 Å². The van der Waals surface area contributed by atoms with Crippen LogP contribution in [0.4, 0.5) is 4.79 Å². The zero-order valence-corrected chi connectivity index (χ0v) is 24.1. The van der Waals surface area contributed by atoms with Crippen molar-refractivity contribution >= 4 is 22.7 Å². The second-order valence-electron chi connectivity index (χ2n) is 10.3. The third-order valence-corrected chi connectivity index (χ3v) is 8.89. The van der Waals surface area contributed by atoms with Gasteiger partial charge in [-0.25, -0.2) is 4.79 Å². The van der Waals surface area contributed by atoms with Crippen molar-refractivity contribution in [1.29, 1.82) is 0 Å². The average molecular weight is 561 g/mol. The predicted molar refractivity (Wildman–Crippen MR) is 161 cm³/mol. The largest absolute Gasteiger partial charge is 0.352 e. The number of benzene rings is 3. The molecule has 0 radical (unpaired) electrons. The standard InChI is InChI=1S/C32H40N4O3S/c1-3-4-20-33-32(38)35-29-21-27(22-34-31(37)26-18-12-7-13-19-26)28(40(2)39)23-36(29)30(24-14-8-5-9-15-24)25-16-10-6-11-17-25/h5-19,27-30H,3-4,20-23H2,1-2H3,(H,34,37)(H2,33,35,38). The second kappa shape index (κ2) is 14.8. The number of unbranched alkanes of at least 4 members (excludes halogenated alkanes) is 1. The summed E-state index contributed by atoms with van der Waals surface area (Å²) in [5, 5.41) is 9.07. The van der Waals surface area contributed by atoms with Crippen LogP contribution in [0.1, 0.15) is 53.7 Å². The molecule has 3 aromatic carbocycles. The molecule has 212 valence electrons. The summed E-state index contributed by atoms with van der Waals surface area (Å²) in [4.78, 5) is 28.1. The fourth-order valence-electron chi connectivity index (χ4n) is 5.42. The summed E-state index contributed by atoms with van der Waals surface area (Å²) in [7, 11) is -1.15. The van der Waals surface area contributed by atoms with Gasteiger partial charge in [0, 0.05) is 42.3 Å². The molecule has 4 unspecified atom stereocenters. The molecule has 8 heteroatoms. The van der Waals surface area contributed by atoms with Crippen LogP contribution < -0.4 is 16.0 Å². The van der Waals surface area contributed by atoms with Gasteiger partial charge >= 0.3 is 6.03 Å². The van der Waals surface area contributed by atoms with E-state index in [4.69, 9.17) is 0 Å². The zero-order valence-electron chi connectivity index (χ0n) is 23.3. The van der Waals surface area contributed by atoms with Crippen molar-refractivity contribution < 1.29 is 13.8 Å². The van der Waals surface area contributed by atoms with Crippen molar-refractivity contribution in [1.82, 2.24) is 20.9 Å². The highest BCUT2D eigenvalue weighted by Crippen LogP contribution is 2.36. The molecule has 7 nitrogen and oxygen atoms in total. The van der Waals surface area contributed by atoms with Crippen molar-refractivity contribution in [2.24, 2.45) is 5.92 Å². The summed E-state index contributed by atoms with van der Waals surface area (Å²) in [6.07, 6.45) is 3.86. The minimum atomic E-state index is -1.15. The van der Waals surface area contributed by atoms with Gasteiger partial charge < -0.3 is 16.0 Å². The number of nitrogens with one attached hydrogen (secondary N) is 3. The van der Waals surface area contributed by atoms with Gasteiger partial charge in [-0.3, -0.25) is 13.9 Å². The first-order chi connectivity index (χ1) is 19.5. The summed E-state index contributed by atoms with van der Waals surface area (Å²) >= 11 is 0. The molecule has 3 aromatic rings. The number of hydrogen-bond acceptors (Lipinski definition) is 4. The maximum atomic E-state index is 13.1. The first kappa shape index (κ1) is 29.5. The molecule has 1 saturated heterocycles. The Morgan fingerprint density at radius 3 is 2.02 bits per heavy atom. The quantitative estimate of drug-likeness (QED) is 0.297. The van der Waals surface area contributed by atoms with Crippen molar-refractivity contribution in [2.75, 3.05) is 25.9 Å². The first-order valence-corrected chi connectivity index (χ1v) is 15.7. The number of amides is 3. The molecule has 1 heterocycles. The van der Waals surface area contributed by atoms with Gasteiger partial charge in [-0.1, -0.05) is 92.2 Å². The van der Waals surface area contributed by atoms with Gasteiger partial charge in [0.1, 0.15) is 0 Å². The van der Waals surface area contributed by atoms with Gasteiger partial charge in [0.2, 0.25) is 0 Å². The molecule has 1 fully saturated rings. The van der Waals surface area contributed by atoms with Crippen molar-refractivity contribution in [3.8, 4) is 0 Å². The van der Waals surface area contributed by atoms with Crippen LogP contribution >= 0.6 is 0 Å². The fraction of sp³-hybridized carbons (Fsp3) is 0.375. The zero-order chi connectivity index (χ0) is 28.3. The number of likely N-dealkylation sites (tertiary alicyclic amines) is 1. The summed E-state index contributed by atoms with van der Waals surface area (Å²) in [5.74, 6) is -0.236. The molecule has 3 N–H and O–H groups in total. The predicted octanol–water partition coefficient (Wildman–Crippen LogP) is 4.70. The van der Waals surface area contributed by atoms with E-state index in [0.29, 0.717) is 31.6 Å². The molecule has 4 rings (SSSR count). The Balaban J connectivity index is 1.63. The molecule has 3 amide bonds. The van der Waals surface area contributed by atoms with Gasteiger partial charge in [0.25, 0.3) is 5.91 Å². The molecule has 0 saturated carbocycles. The second-order valence-corrected chi connectivity index (χ2v) is 11.9. The number of carbonyl (C=O) groups excluding carboxylic acids is 2. The Morgan fingerprint density at radius 2 is 1.48 bits per heavy atom. The van der Waals surface area contributed by atoms with Crippen LogP contribution in [0, 0.1) is 5.92 Å². The lowest BCUT2D eigenvalue weighted by molar-refractivity contribution is 0.0677. The Labute approximate surface area is 240 Å². The molecular weight excluding hydrogens is 520 g/mol. The van der Waals surface area contributed by atoms with Gasteiger partial charge in [-0.15, -0.1) is 0 Å². The number of piperidine rings is 1. The third-order valence-electron chi connectivity index (χ3n) is 7.51. The number of urea groups is 1. The van der Waals surface area contributed by atoms with Crippen molar-refractivity contribution in [3.05, 3.63) is 108 Å². The van der Waals surface area contributed by atoms with Gasteiger partial charge in [0.05, 0.1) is 17.5 Å². The molecular formula is C32H40N4O3S. The van der Waals surface area contributed by atoms with Crippen molar-refractivity contribution in [3.63, 3.8) is 0 Å². The number of hydrogen-bond donors (Lipinski definition) is 3. The summed E-state index contributed by atoms with van der Waals surface area (Å²) in [5.41, 5.74) is 2.79. The van der Waals surface area contributed by atoms with E-state index in [1.165, 1.54) is 0 Å². The number of nitrogens with zero attached hydrogens (tertiary/aromatic N) is 1. The smallest absolute Gasteiger partial charge is 0.316 e. The molecule has 1 aliphatic rings. The lowest BCUT2D eigenvalue weighted by Crippen LogP contribution is -2.61. The van der Waals surface area contributed by atoms with Gasteiger partial charge in [-0.05, 0) is 42.0 Å². The van der Waals surface area contributed by atoms with E-state index in [0.717, 1.165) is 24.0 Å². The van der Waals surface area contributed by atoms with E-state index in [1.54, 1.807) is 18.4 Å². The maximum absolute atomic E-state index is 13.1. The summed E-state index contributed by atoms with van der Waals surface area (Å²) in [6.45, 7) is 3.58. The van der Waals surface area contributed by atoms with Crippen LogP contribution in [0.5, 0.6) is 0 Å². The third kappa shape index (κ3) is 7.79. The molecule has 0 aliphatic carbocycles. The van der Waals surface area contributed by atoms with Crippen LogP contribution in [-0.2, 0) is 10.8 Å². The molecule has 1 aliphatic heterocycles. The molecule has 0 bridgehead atoms. The Bertz CT molecular complexity index is 1200. The minimum Gasteiger partial charge on any atom is -0.352 e. The lowest BCUT2D eigenvalue weighted by atomic mass is 9.88. The van der Waals surface area contributed by atoms with E-state index in [-0.39, 0.29) is 35.3 Å². The monoisotopic (exact) mass is 560 g/mol. The first-order valence-electron chi connectivity index (χ1n) is 14.0. The van der Waals surface area contributed by atoms with E-state index in [1.807, 2.05) is 54.6 Å². The number of carbonyl (C=O) groups is 2. The molecule has 0 aromatic heterocycles. The Hall–Kier alpha value is -3.49. The highest BCUT2D eigenvalue weighted by Gasteiger charge is 2.42. The maximum Gasteiger partial charge on any atom is 0.316 e. The summed E-state index contributed by atoms with van der Waals surface area (Å²) < 4.78 is 13.1. The highest BCUT2D eigenvalue weighted by atomic mass is 32.2. The molecule has 0 spiro atoms. The van der Waals surface area contributed by atoms with Crippen LogP contribution in [0.15, 0.2) is 91.0 Å². The minimum absolute atomic E-state index is 0.0807. The van der Waals surface area contributed by atoms with E-state index < -0.39 is 10.8 Å². The number of rotatable bonds is 11. The highest BCUT2D eigenvalue weighted by molar-refractivity contribution is 7.84. The van der Waals surface area contributed by atoms with Crippen LogP contribution in [-0.4, -0.2) is 58.4 Å². The molecule has 40 heavy (non-hydrogen) atoms.